The summed E-state index contributed by atoms with van der Waals surface area (Å²) >= 11 is 6.31. The summed E-state index contributed by atoms with van der Waals surface area (Å²) in [6.45, 7) is 6.49. The highest BCUT2D eigenvalue weighted by molar-refractivity contribution is 6.31. The molecule has 0 amide bonds. The van der Waals surface area contributed by atoms with E-state index in [1.54, 1.807) is 6.20 Å². The van der Waals surface area contributed by atoms with Gasteiger partial charge in [0, 0.05) is 17.2 Å². The quantitative estimate of drug-likeness (QED) is 0.886. The van der Waals surface area contributed by atoms with E-state index in [2.05, 4.69) is 25.8 Å². The van der Waals surface area contributed by atoms with E-state index in [1.165, 1.54) is 0 Å². The van der Waals surface area contributed by atoms with Crippen molar-refractivity contribution in [2.75, 3.05) is 0 Å². The highest BCUT2D eigenvalue weighted by Gasteiger charge is 2.43. The molecule has 0 aliphatic heterocycles. The Morgan fingerprint density at radius 1 is 1.47 bits per heavy atom. The lowest BCUT2D eigenvalue weighted by Crippen LogP contribution is -2.20. The summed E-state index contributed by atoms with van der Waals surface area (Å²) in [6, 6.07) is 1.88. The second-order valence-electron chi connectivity index (χ2n) is 5.72. The average molecular weight is 254 g/mol. The van der Waals surface area contributed by atoms with Gasteiger partial charge >= 0.3 is 0 Å². The molecule has 1 aliphatic rings. The SMILES string of the molecule is CCCC(C)(C)c1ncc(C2(O)CC2)cc1Cl. The third-order valence-electron chi connectivity index (χ3n) is 3.62. The van der Waals surface area contributed by atoms with Gasteiger partial charge in [0.2, 0.25) is 0 Å². The minimum absolute atomic E-state index is 0.00344. The van der Waals surface area contributed by atoms with Gasteiger partial charge in [-0.05, 0) is 25.3 Å². The molecular formula is C14H20ClNO. The number of rotatable bonds is 4. The van der Waals surface area contributed by atoms with Crippen LogP contribution in [0.4, 0.5) is 0 Å². The molecule has 0 unspecified atom stereocenters. The minimum atomic E-state index is -0.649. The van der Waals surface area contributed by atoms with E-state index in [1.807, 2.05) is 6.07 Å². The van der Waals surface area contributed by atoms with Gasteiger partial charge < -0.3 is 5.11 Å². The van der Waals surface area contributed by atoms with E-state index in [4.69, 9.17) is 11.6 Å². The Bertz CT molecular complexity index is 424. The number of halogens is 1. The van der Waals surface area contributed by atoms with Crippen LogP contribution in [-0.2, 0) is 11.0 Å². The zero-order valence-electron chi connectivity index (χ0n) is 10.8. The highest BCUT2D eigenvalue weighted by Crippen LogP contribution is 2.46. The van der Waals surface area contributed by atoms with Gasteiger partial charge in [0.05, 0.1) is 16.3 Å². The fraction of sp³-hybridized carbons (Fsp3) is 0.643. The molecule has 1 saturated carbocycles. The first-order valence-electron chi connectivity index (χ1n) is 6.28. The van der Waals surface area contributed by atoms with Crippen molar-refractivity contribution in [2.24, 2.45) is 0 Å². The molecule has 1 aromatic rings. The van der Waals surface area contributed by atoms with Crippen molar-refractivity contribution in [2.45, 2.75) is 57.5 Å². The molecule has 1 fully saturated rings. The molecule has 17 heavy (non-hydrogen) atoms. The molecule has 0 aromatic carbocycles. The van der Waals surface area contributed by atoms with Crippen LogP contribution in [0.2, 0.25) is 5.02 Å². The van der Waals surface area contributed by atoms with Gasteiger partial charge in [0.15, 0.2) is 0 Å². The Morgan fingerprint density at radius 3 is 2.59 bits per heavy atom. The summed E-state index contributed by atoms with van der Waals surface area (Å²) in [5.41, 5.74) is 1.15. The van der Waals surface area contributed by atoms with E-state index >= 15 is 0 Å². The summed E-state index contributed by atoms with van der Waals surface area (Å²) in [5, 5.41) is 10.7. The van der Waals surface area contributed by atoms with Crippen molar-refractivity contribution in [3.63, 3.8) is 0 Å². The van der Waals surface area contributed by atoms with E-state index in [-0.39, 0.29) is 5.41 Å². The van der Waals surface area contributed by atoms with Gasteiger partial charge in [-0.25, -0.2) is 0 Å². The largest absolute Gasteiger partial charge is 0.385 e. The Morgan fingerprint density at radius 2 is 2.12 bits per heavy atom. The Labute approximate surface area is 108 Å². The molecule has 2 rings (SSSR count). The number of hydrogen-bond acceptors (Lipinski definition) is 2. The fourth-order valence-electron chi connectivity index (χ4n) is 2.34. The van der Waals surface area contributed by atoms with E-state index in [0.717, 1.165) is 36.9 Å². The molecule has 94 valence electrons. The first-order valence-corrected chi connectivity index (χ1v) is 6.66. The van der Waals surface area contributed by atoms with Crippen molar-refractivity contribution in [1.82, 2.24) is 4.98 Å². The maximum Gasteiger partial charge on any atom is 0.0914 e. The molecule has 1 aromatic heterocycles. The van der Waals surface area contributed by atoms with Gasteiger partial charge in [-0.1, -0.05) is 38.8 Å². The van der Waals surface area contributed by atoms with Gasteiger partial charge in [0.25, 0.3) is 0 Å². The number of hydrogen-bond donors (Lipinski definition) is 1. The summed E-state index contributed by atoms with van der Waals surface area (Å²) in [4.78, 5) is 4.48. The molecule has 3 heteroatoms. The van der Waals surface area contributed by atoms with Crippen molar-refractivity contribution in [3.05, 3.63) is 28.5 Å². The lowest BCUT2D eigenvalue weighted by Gasteiger charge is -2.25. The lowest BCUT2D eigenvalue weighted by atomic mass is 9.84. The Hall–Kier alpha value is -0.600. The molecule has 2 nitrogen and oxygen atoms in total. The van der Waals surface area contributed by atoms with Crippen LogP contribution in [0.5, 0.6) is 0 Å². The second-order valence-corrected chi connectivity index (χ2v) is 6.13. The molecule has 0 radical (unpaired) electrons. The van der Waals surface area contributed by atoms with Gasteiger partial charge in [-0.3, -0.25) is 4.98 Å². The van der Waals surface area contributed by atoms with Crippen molar-refractivity contribution in [3.8, 4) is 0 Å². The zero-order valence-corrected chi connectivity index (χ0v) is 11.5. The average Bonchev–Trinajstić information content (AvgIpc) is 2.97. The fourth-order valence-corrected chi connectivity index (χ4v) is 2.76. The summed E-state index contributed by atoms with van der Waals surface area (Å²) in [5.74, 6) is 0. The first-order chi connectivity index (χ1) is 7.89. The summed E-state index contributed by atoms with van der Waals surface area (Å²) < 4.78 is 0. The smallest absolute Gasteiger partial charge is 0.0914 e. The third-order valence-corrected chi connectivity index (χ3v) is 3.91. The standard InChI is InChI=1S/C14H20ClNO/c1-4-5-13(2,3)12-11(15)8-10(9-16-12)14(17)6-7-14/h8-9,17H,4-7H2,1-3H3. The van der Waals surface area contributed by atoms with E-state index < -0.39 is 5.60 Å². The third kappa shape index (κ3) is 2.48. The molecule has 1 N–H and O–H groups in total. The lowest BCUT2D eigenvalue weighted by molar-refractivity contribution is 0.151. The van der Waals surface area contributed by atoms with Crippen LogP contribution in [0.15, 0.2) is 12.3 Å². The molecule has 0 saturated heterocycles. The first kappa shape index (κ1) is 12.8. The van der Waals surface area contributed by atoms with Gasteiger partial charge in [0.1, 0.15) is 0 Å². The van der Waals surface area contributed by atoms with E-state index in [0.29, 0.717) is 5.02 Å². The molecule has 1 aliphatic carbocycles. The van der Waals surface area contributed by atoms with Crippen molar-refractivity contribution >= 4 is 11.6 Å². The Kier molecular flexibility index (Phi) is 3.21. The highest BCUT2D eigenvalue weighted by atomic mass is 35.5. The predicted octanol–water partition coefficient (Wildman–Crippen LogP) is 3.79. The van der Waals surface area contributed by atoms with Gasteiger partial charge in [-0.2, -0.15) is 0 Å². The second kappa shape index (κ2) is 4.25. The molecule has 1 heterocycles. The summed E-state index contributed by atoms with van der Waals surface area (Å²) in [6.07, 6.45) is 5.59. The summed E-state index contributed by atoms with van der Waals surface area (Å²) in [7, 11) is 0. The number of aromatic nitrogens is 1. The zero-order chi connectivity index (χ0) is 12.7. The number of aliphatic hydroxyl groups is 1. The molecule has 0 spiro atoms. The van der Waals surface area contributed by atoms with Crippen molar-refractivity contribution < 1.29 is 5.11 Å². The molecule has 0 bridgehead atoms. The predicted molar refractivity (Wildman–Crippen MR) is 70.3 cm³/mol. The van der Waals surface area contributed by atoms with Crippen LogP contribution in [-0.4, -0.2) is 10.1 Å². The van der Waals surface area contributed by atoms with Crippen LogP contribution >= 0.6 is 11.6 Å². The Balaban J connectivity index is 2.31. The van der Waals surface area contributed by atoms with Gasteiger partial charge in [-0.15, -0.1) is 0 Å². The number of pyridine rings is 1. The van der Waals surface area contributed by atoms with Crippen LogP contribution < -0.4 is 0 Å². The maximum absolute atomic E-state index is 10.0. The number of nitrogens with zero attached hydrogens (tertiary/aromatic N) is 1. The van der Waals surface area contributed by atoms with Crippen LogP contribution in [0.1, 0.15) is 57.7 Å². The monoisotopic (exact) mass is 253 g/mol. The topological polar surface area (TPSA) is 33.1 Å². The normalized spacial score (nSPS) is 18.2. The minimum Gasteiger partial charge on any atom is -0.385 e. The van der Waals surface area contributed by atoms with Crippen LogP contribution in [0, 0.1) is 0 Å². The van der Waals surface area contributed by atoms with Crippen LogP contribution in [0.3, 0.4) is 0 Å². The van der Waals surface area contributed by atoms with E-state index in [9.17, 15) is 5.11 Å². The molecule has 0 atom stereocenters. The molecular weight excluding hydrogens is 234 g/mol. The van der Waals surface area contributed by atoms with Crippen LogP contribution in [0.25, 0.3) is 0 Å². The van der Waals surface area contributed by atoms with Crippen molar-refractivity contribution in [1.29, 1.82) is 0 Å². The maximum atomic E-state index is 10.0.